The lowest BCUT2D eigenvalue weighted by Gasteiger charge is -2.17. The first-order valence-electron chi connectivity index (χ1n) is 6.94. The number of amides is 1. The number of aromatic nitrogens is 2. The van der Waals surface area contributed by atoms with Crippen LogP contribution >= 0.6 is 0 Å². The molecular formula is C15H17N5O3. The fourth-order valence-electron chi connectivity index (χ4n) is 2.20. The van der Waals surface area contributed by atoms with Crippen molar-refractivity contribution >= 4 is 11.7 Å². The highest BCUT2D eigenvalue weighted by Crippen LogP contribution is 2.23. The number of nitriles is 1. The van der Waals surface area contributed by atoms with Crippen LogP contribution in [0.15, 0.2) is 18.2 Å². The van der Waals surface area contributed by atoms with Crippen molar-refractivity contribution in [1.29, 1.82) is 5.26 Å². The largest absolute Gasteiger partial charge is 0.508 e. The Balaban J connectivity index is 1.95. The number of hydrogen-bond acceptors (Lipinski definition) is 6. The third-order valence-corrected chi connectivity index (χ3v) is 3.46. The molecule has 0 aliphatic carbocycles. The van der Waals surface area contributed by atoms with Crippen LogP contribution in [0.5, 0.6) is 11.5 Å². The van der Waals surface area contributed by atoms with Crippen molar-refractivity contribution in [2.45, 2.75) is 12.8 Å². The number of aromatic hydroxyl groups is 2. The maximum Gasteiger partial charge on any atom is 0.257 e. The van der Waals surface area contributed by atoms with Gasteiger partial charge in [0.2, 0.25) is 0 Å². The molecule has 0 fully saturated rings. The molecule has 0 saturated carbocycles. The van der Waals surface area contributed by atoms with Crippen LogP contribution in [0.25, 0.3) is 0 Å². The second-order valence-corrected chi connectivity index (χ2v) is 5.11. The minimum absolute atomic E-state index is 0.109. The third-order valence-electron chi connectivity index (χ3n) is 3.46. The third kappa shape index (κ3) is 3.52. The summed E-state index contributed by atoms with van der Waals surface area (Å²) in [6.07, 6.45) is 1.11. The van der Waals surface area contributed by atoms with Crippen molar-refractivity contribution in [3.63, 3.8) is 0 Å². The number of nitrogen functional groups attached to an aromatic ring is 1. The van der Waals surface area contributed by atoms with Gasteiger partial charge in [-0.2, -0.15) is 10.4 Å². The monoisotopic (exact) mass is 315 g/mol. The number of benzene rings is 1. The molecule has 8 heteroatoms. The Kier molecular flexibility index (Phi) is 4.71. The fraction of sp³-hybridized carbons (Fsp3) is 0.267. The summed E-state index contributed by atoms with van der Waals surface area (Å²) in [7, 11) is 1.61. The van der Waals surface area contributed by atoms with Crippen LogP contribution in [0, 0.1) is 11.3 Å². The molecule has 2 aromatic rings. The molecule has 1 heterocycles. The van der Waals surface area contributed by atoms with Gasteiger partial charge in [-0.25, -0.2) is 0 Å². The smallest absolute Gasteiger partial charge is 0.257 e. The van der Waals surface area contributed by atoms with Crippen molar-refractivity contribution in [3.05, 3.63) is 35.0 Å². The molecule has 0 unspecified atom stereocenters. The number of carbonyl (C=O) groups excluding carboxylic acids is 1. The van der Waals surface area contributed by atoms with E-state index in [9.17, 15) is 15.0 Å². The van der Waals surface area contributed by atoms with Gasteiger partial charge in [-0.05, 0) is 25.0 Å². The molecule has 23 heavy (non-hydrogen) atoms. The second-order valence-electron chi connectivity index (χ2n) is 5.11. The molecule has 0 saturated heterocycles. The number of phenolic OH excluding ortho intramolecular Hbond substituents is 2. The Bertz CT molecular complexity index is 763. The van der Waals surface area contributed by atoms with Gasteiger partial charge in [-0.15, -0.1) is 0 Å². The number of carbonyl (C=O) groups is 1. The van der Waals surface area contributed by atoms with E-state index in [1.807, 2.05) is 6.07 Å². The van der Waals surface area contributed by atoms with Crippen molar-refractivity contribution < 1.29 is 15.0 Å². The molecule has 1 aromatic carbocycles. The van der Waals surface area contributed by atoms with Crippen molar-refractivity contribution in [1.82, 2.24) is 15.1 Å². The molecule has 5 N–H and O–H groups in total. The summed E-state index contributed by atoms with van der Waals surface area (Å²) in [6, 6.07) is 5.81. The highest BCUT2D eigenvalue weighted by atomic mass is 16.3. The average molecular weight is 315 g/mol. The maximum absolute atomic E-state index is 12.2. The van der Waals surface area contributed by atoms with E-state index >= 15 is 0 Å². The molecule has 2 rings (SSSR count). The molecule has 0 aliphatic heterocycles. The molecule has 1 amide bonds. The van der Waals surface area contributed by atoms with E-state index < -0.39 is 0 Å². The highest BCUT2D eigenvalue weighted by molar-refractivity contribution is 5.96. The van der Waals surface area contributed by atoms with Crippen molar-refractivity contribution in [3.8, 4) is 17.6 Å². The van der Waals surface area contributed by atoms with Crippen LogP contribution in [0.3, 0.4) is 0 Å². The van der Waals surface area contributed by atoms with Gasteiger partial charge in [-0.3, -0.25) is 9.89 Å². The minimum atomic E-state index is -0.355. The summed E-state index contributed by atoms with van der Waals surface area (Å²) in [6.45, 7) is 0.420. The number of rotatable bonds is 5. The minimum Gasteiger partial charge on any atom is -0.508 e. The van der Waals surface area contributed by atoms with Gasteiger partial charge in [0.25, 0.3) is 5.91 Å². The molecule has 1 aromatic heterocycles. The Hall–Kier alpha value is -3.21. The number of aryl methyl sites for hydroxylation is 1. The lowest BCUT2D eigenvalue weighted by Crippen LogP contribution is -2.28. The molecule has 0 spiro atoms. The lowest BCUT2D eigenvalue weighted by atomic mass is 10.1. The van der Waals surface area contributed by atoms with E-state index in [-0.39, 0.29) is 28.8 Å². The molecule has 8 nitrogen and oxygen atoms in total. The summed E-state index contributed by atoms with van der Waals surface area (Å²) in [5.41, 5.74) is 6.64. The molecule has 0 bridgehead atoms. The molecule has 0 atom stereocenters. The Morgan fingerprint density at radius 3 is 2.87 bits per heavy atom. The van der Waals surface area contributed by atoms with Crippen LogP contribution in [-0.4, -0.2) is 44.8 Å². The number of nitrogens with one attached hydrogen (secondary N) is 1. The highest BCUT2D eigenvalue weighted by Gasteiger charge is 2.16. The summed E-state index contributed by atoms with van der Waals surface area (Å²) in [5.74, 6) is -0.564. The van der Waals surface area contributed by atoms with Gasteiger partial charge < -0.3 is 20.8 Å². The summed E-state index contributed by atoms with van der Waals surface area (Å²) in [5, 5.41) is 34.4. The van der Waals surface area contributed by atoms with Gasteiger partial charge in [0.15, 0.2) is 5.82 Å². The van der Waals surface area contributed by atoms with E-state index in [0.29, 0.717) is 30.6 Å². The first-order chi connectivity index (χ1) is 10.9. The topological polar surface area (TPSA) is 139 Å². The van der Waals surface area contributed by atoms with Gasteiger partial charge in [0, 0.05) is 19.7 Å². The lowest BCUT2D eigenvalue weighted by molar-refractivity contribution is 0.0790. The van der Waals surface area contributed by atoms with Gasteiger partial charge in [0.1, 0.15) is 23.1 Å². The number of nitrogens with zero attached hydrogens (tertiary/aromatic N) is 3. The van der Waals surface area contributed by atoms with E-state index in [1.165, 1.54) is 17.0 Å². The number of nitrogens with two attached hydrogens (primary N) is 1. The maximum atomic E-state index is 12.2. The summed E-state index contributed by atoms with van der Waals surface area (Å²) in [4.78, 5) is 13.7. The van der Waals surface area contributed by atoms with Gasteiger partial charge in [0.05, 0.1) is 11.3 Å². The zero-order valence-corrected chi connectivity index (χ0v) is 12.6. The number of anilines is 1. The van der Waals surface area contributed by atoms with Gasteiger partial charge in [-0.1, -0.05) is 0 Å². The summed E-state index contributed by atoms with van der Waals surface area (Å²) < 4.78 is 0. The normalized spacial score (nSPS) is 10.3. The van der Waals surface area contributed by atoms with Crippen LogP contribution < -0.4 is 5.73 Å². The summed E-state index contributed by atoms with van der Waals surface area (Å²) >= 11 is 0. The molecule has 0 radical (unpaired) electrons. The quantitative estimate of drug-likeness (QED) is 0.648. The SMILES string of the molecule is CN(CCCc1[nH]nc(N)c1C#N)C(=O)c1ccc(O)cc1O. The molecule has 120 valence electrons. The second kappa shape index (κ2) is 6.70. The Morgan fingerprint density at radius 2 is 2.22 bits per heavy atom. The van der Waals surface area contributed by atoms with Crippen molar-refractivity contribution in [2.75, 3.05) is 19.3 Å². The number of H-pyrrole nitrogens is 1. The predicted octanol–water partition coefficient (Wildman–Crippen LogP) is 0.980. The van der Waals surface area contributed by atoms with E-state index in [2.05, 4.69) is 10.2 Å². The van der Waals surface area contributed by atoms with Crippen molar-refractivity contribution in [2.24, 2.45) is 0 Å². The standard InChI is InChI=1S/C15H17N5O3/c1-20(15(23)10-5-4-9(21)7-13(10)22)6-2-3-12-11(8-16)14(17)19-18-12/h4-5,7,21-22H,2-3,6H2,1H3,(H3,17,18,19). The van der Waals surface area contributed by atoms with E-state index in [0.717, 1.165) is 6.07 Å². The number of phenols is 2. The molecule has 0 aliphatic rings. The zero-order valence-electron chi connectivity index (χ0n) is 12.6. The number of hydrogen-bond donors (Lipinski definition) is 4. The fourth-order valence-corrected chi connectivity index (χ4v) is 2.20. The van der Waals surface area contributed by atoms with Crippen LogP contribution in [0.1, 0.15) is 28.0 Å². The molecular weight excluding hydrogens is 298 g/mol. The first kappa shape index (κ1) is 16.2. The Labute approximate surface area is 132 Å². The Morgan fingerprint density at radius 1 is 1.48 bits per heavy atom. The van der Waals surface area contributed by atoms with Crippen LogP contribution in [0.2, 0.25) is 0 Å². The predicted molar refractivity (Wildman–Crippen MR) is 82.8 cm³/mol. The van der Waals surface area contributed by atoms with Crippen LogP contribution in [0.4, 0.5) is 5.82 Å². The van der Waals surface area contributed by atoms with Crippen LogP contribution in [-0.2, 0) is 6.42 Å². The zero-order chi connectivity index (χ0) is 17.0. The first-order valence-corrected chi connectivity index (χ1v) is 6.94. The van der Waals surface area contributed by atoms with E-state index in [4.69, 9.17) is 11.0 Å². The van der Waals surface area contributed by atoms with Gasteiger partial charge >= 0.3 is 0 Å². The number of aromatic amines is 1. The van der Waals surface area contributed by atoms with E-state index in [1.54, 1.807) is 7.05 Å². The average Bonchev–Trinajstić information content (AvgIpc) is 2.86.